The second-order valence-corrected chi connectivity index (χ2v) is 3.91. The fraction of sp³-hybridized carbons (Fsp3) is 0.700. The molecular formula is C10H18N4. The highest BCUT2D eigenvalue weighted by atomic mass is 15.3. The fourth-order valence-electron chi connectivity index (χ4n) is 2.12. The van der Waals surface area contributed by atoms with Crippen LogP contribution in [0.3, 0.4) is 0 Å². The molecule has 0 radical (unpaired) electrons. The molecule has 78 valence electrons. The minimum absolute atomic E-state index is 0.318. The average molecular weight is 194 g/mol. The van der Waals surface area contributed by atoms with Crippen LogP contribution < -0.4 is 5.73 Å². The second-order valence-electron chi connectivity index (χ2n) is 3.91. The normalized spacial score (nSPS) is 20.1. The van der Waals surface area contributed by atoms with Crippen molar-refractivity contribution in [3.05, 3.63) is 18.0 Å². The number of aromatic nitrogens is 2. The third-order valence-electron chi connectivity index (χ3n) is 2.88. The van der Waals surface area contributed by atoms with Gasteiger partial charge in [-0.05, 0) is 32.0 Å². The molecule has 1 aromatic rings. The minimum atomic E-state index is 0.318. The molecule has 14 heavy (non-hydrogen) atoms. The Morgan fingerprint density at radius 3 is 2.71 bits per heavy atom. The van der Waals surface area contributed by atoms with E-state index in [1.807, 2.05) is 17.9 Å². The number of rotatable bonds is 3. The van der Waals surface area contributed by atoms with Crippen molar-refractivity contribution in [1.82, 2.24) is 14.7 Å². The Bertz CT molecular complexity index is 288. The Balaban J connectivity index is 2.12. The third-order valence-corrected chi connectivity index (χ3v) is 2.88. The summed E-state index contributed by atoms with van der Waals surface area (Å²) in [5.41, 5.74) is 6.91. The standard InChI is InChI=1S/C10H18N4/c1-13-7-4-9(12-13)10(8-11)14-5-2-3-6-14/h4,7,10H,2-3,5-6,8,11H2,1H3. The zero-order valence-corrected chi connectivity index (χ0v) is 8.69. The van der Waals surface area contributed by atoms with Gasteiger partial charge in [-0.15, -0.1) is 0 Å². The van der Waals surface area contributed by atoms with Crippen molar-refractivity contribution in [2.45, 2.75) is 18.9 Å². The lowest BCUT2D eigenvalue weighted by atomic mass is 10.2. The van der Waals surface area contributed by atoms with Gasteiger partial charge in [0.1, 0.15) is 0 Å². The van der Waals surface area contributed by atoms with E-state index in [2.05, 4.69) is 16.1 Å². The van der Waals surface area contributed by atoms with Gasteiger partial charge in [-0.1, -0.05) is 0 Å². The molecule has 0 spiro atoms. The number of hydrogen-bond acceptors (Lipinski definition) is 3. The van der Waals surface area contributed by atoms with Gasteiger partial charge in [0.25, 0.3) is 0 Å². The summed E-state index contributed by atoms with van der Waals surface area (Å²) in [5, 5.41) is 4.42. The van der Waals surface area contributed by atoms with Crippen molar-refractivity contribution in [2.24, 2.45) is 12.8 Å². The quantitative estimate of drug-likeness (QED) is 0.763. The van der Waals surface area contributed by atoms with Crippen LogP contribution in [0, 0.1) is 0 Å². The average Bonchev–Trinajstić information content (AvgIpc) is 2.79. The van der Waals surface area contributed by atoms with Crippen LogP contribution in [-0.2, 0) is 7.05 Å². The molecule has 1 aliphatic heterocycles. The van der Waals surface area contributed by atoms with Crippen molar-refractivity contribution in [1.29, 1.82) is 0 Å². The van der Waals surface area contributed by atoms with Gasteiger partial charge in [-0.25, -0.2) is 0 Å². The molecule has 2 N–H and O–H groups in total. The van der Waals surface area contributed by atoms with Gasteiger partial charge in [0.15, 0.2) is 0 Å². The van der Waals surface area contributed by atoms with E-state index in [0.29, 0.717) is 12.6 Å². The molecule has 0 bridgehead atoms. The molecule has 2 heterocycles. The van der Waals surface area contributed by atoms with E-state index in [4.69, 9.17) is 5.73 Å². The predicted molar refractivity (Wildman–Crippen MR) is 55.8 cm³/mol. The van der Waals surface area contributed by atoms with Crippen LogP contribution in [0.25, 0.3) is 0 Å². The van der Waals surface area contributed by atoms with Gasteiger partial charge in [0.2, 0.25) is 0 Å². The summed E-state index contributed by atoms with van der Waals surface area (Å²) in [5.74, 6) is 0. The predicted octanol–water partition coefficient (Wildman–Crippen LogP) is 0.516. The lowest BCUT2D eigenvalue weighted by Gasteiger charge is -2.24. The molecule has 0 saturated carbocycles. The SMILES string of the molecule is Cn1ccc(C(CN)N2CCCC2)n1. The lowest BCUT2D eigenvalue weighted by Crippen LogP contribution is -2.31. The monoisotopic (exact) mass is 194 g/mol. The molecule has 0 aliphatic carbocycles. The van der Waals surface area contributed by atoms with E-state index in [9.17, 15) is 0 Å². The largest absolute Gasteiger partial charge is 0.329 e. The molecule has 0 aromatic carbocycles. The van der Waals surface area contributed by atoms with E-state index >= 15 is 0 Å². The maximum absolute atomic E-state index is 5.80. The maximum atomic E-state index is 5.80. The van der Waals surface area contributed by atoms with Crippen molar-refractivity contribution in [3.63, 3.8) is 0 Å². The van der Waals surface area contributed by atoms with E-state index in [-0.39, 0.29) is 0 Å². The first-order valence-electron chi connectivity index (χ1n) is 5.25. The Morgan fingerprint density at radius 2 is 2.21 bits per heavy atom. The zero-order chi connectivity index (χ0) is 9.97. The van der Waals surface area contributed by atoms with Crippen molar-refractivity contribution in [2.75, 3.05) is 19.6 Å². The van der Waals surface area contributed by atoms with Crippen molar-refractivity contribution >= 4 is 0 Å². The topological polar surface area (TPSA) is 47.1 Å². The zero-order valence-electron chi connectivity index (χ0n) is 8.69. The van der Waals surface area contributed by atoms with Crippen LogP contribution >= 0.6 is 0 Å². The Morgan fingerprint density at radius 1 is 1.50 bits per heavy atom. The van der Waals surface area contributed by atoms with Crippen LogP contribution in [0.2, 0.25) is 0 Å². The molecule has 1 aromatic heterocycles. The van der Waals surface area contributed by atoms with Crippen LogP contribution in [0.5, 0.6) is 0 Å². The third kappa shape index (κ3) is 1.81. The molecule has 1 unspecified atom stereocenters. The summed E-state index contributed by atoms with van der Waals surface area (Å²) in [6, 6.07) is 2.38. The van der Waals surface area contributed by atoms with E-state index in [1.165, 1.54) is 25.9 Å². The lowest BCUT2D eigenvalue weighted by molar-refractivity contribution is 0.246. The molecule has 1 saturated heterocycles. The van der Waals surface area contributed by atoms with Gasteiger partial charge in [-0.3, -0.25) is 9.58 Å². The van der Waals surface area contributed by atoms with E-state index in [0.717, 1.165) is 5.69 Å². The fourth-order valence-corrected chi connectivity index (χ4v) is 2.12. The van der Waals surface area contributed by atoms with Crippen molar-refractivity contribution in [3.8, 4) is 0 Å². The molecule has 1 atom stereocenters. The van der Waals surface area contributed by atoms with E-state index in [1.54, 1.807) is 0 Å². The highest BCUT2D eigenvalue weighted by Crippen LogP contribution is 2.22. The van der Waals surface area contributed by atoms with Gasteiger partial charge in [0.05, 0.1) is 11.7 Å². The summed E-state index contributed by atoms with van der Waals surface area (Å²) in [7, 11) is 1.95. The summed E-state index contributed by atoms with van der Waals surface area (Å²) in [6.07, 6.45) is 4.57. The molecule has 1 fully saturated rings. The molecule has 4 heteroatoms. The molecule has 2 rings (SSSR count). The Labute approximate surface area is 84.7 Å². The number of hydrogen-bond donors (Lipinski definition) is 1. The summed E-state index contributed by atoms with van der Waals surface area (Å²) in [6.45, 7) is 2.99. The van der Waals surface area contributed by atoms with Crippen molar-refractivity contribution < 1.29 is 0 Å². The highest BCUT2D eigenvalue weighted by molar-refractivity contribution is 5.06. The van der Waals surface area contributed by atoms with Crippen LogP contribution in [-0.4, -0.2) is 34.3 Å². The van der Waals surface area contributed by atoms with Gasteiger partial charge in [-0.2, -0.15) is 5.10 Å². The Hall–Kier alpha value is -0.870. The summed E-state index contributed by atoms with van der Waals surface area (Å²) in [4.78, 5) is 2.43. The molecule has 0 amide bonds. The number of aryl methyl sites for hydroxylation is 1. The van der Waals surface area contributed by atoms with Gasteiger partial charge < -0.3 is 5.73 Å². The highest BCUT2D eigenvalue weighted by Gasteiger charge is 2.23. The number of nitrogens with zero attached hydrogens (tertiary/aromatic N) is 3. The first-order chi connectivity index (χ1) is 6.81. The first kappa shape index (κ1) is 9.68. The molecular weight excluding hydrogens is 176 g/mol. The van der Waals surface area contributed by atoms with Gasteiger partial charge >= 0.3 is 0 Å². The molecule has 4 nitrogen and oxygen atoms in total. The van der Waals surface area contributed by atoms with Gasteiger partial charge in [0, 0.05) is 19.8 Å². The van der Waals surface area contributed by atoms with Crippen LogP contribution in [0.15, 0.2) is 12.3 Å². The summed E-state index contributed by atoms with van der Waals surface area (Å²) >= 11 is 0. The molecule has 1 aliphatic rings. The summed E-state index contributed by atoms with van der Waals surface area (Å²) < 4.78 is 1.84. The Kier molecular flexibility index (Phi) is 2.84. The number of likely N-dealkylation sites (tertiary alicyclic amines) is 1. The van der Waals surface area contributed by atoms with Crippen LogP contribution in [0.1, 0.15) is 24.6 Å². The smallest absolute Gasteiger partial charge is 0.0808 e. The first-order valence-corrected chi connectivity index (χ1v) is 5.25. The number of nitrogens with two attached hydrogens (primary N) is 1. The van der Waals surface area contributed by atoms with Crippen LogP contribution in [0.4, 0.5) is 0 Å². The maximum Gasteiger partial charge on any atom is 0.0808 e. The minimum Gasteiger partial charge on any atom is -0.329 e. The van der Waals surface area contributed by atoms with E-state index < -0.39 is 0 Å². The second kappa shape index (κ2) is 4.11.